The fourth-order valence-corrected chi connectivity index (χ4v) is 1.90. The molecular formula is C15H18FN3. The van der Waals surface area contributed by atoms with Crippen molar-refractivity contribution in [1.82, 2.24) is 4.98 Å². The van der Waals surface area contributed by atoms with Gasteiger partial charge in [-0.15, -0.1) is 0 Å². The van der Waals surface area contributed by atoms with E-state index in [0.29, 0.717) is 0 Å². The molecule has 1 heterocycles. The molecule has 0 aliphatic heterocycles. The van der Waals surface area contributed by atoms with Gasteiger partial charge in [-0.25, -0.2) is 4.39 Å². The van der Waals surface area contributed by atoms with Gasteiger partial charge in [0, 0.05) is 12.6 Å². The van der Waals surface area contributed by atoms with Crippen molar-refractivity contribution in [2.24, 2.45) is 0 Å². The van der Waals surface area contributed by atoms with Crippen LogP contribution in [-0.2, 0) is 0 Å². The lowest BCUT2D eigenvalue weighted by atomic mass is 10.1. The monoisotopic (exact) mass is 259 g/mol. The average Bonchev–Trinajstić information content (AvgIpc) is 2.40. The first-order valence-electron chi connectivity index (χ1n) is 6.40. The Hall–Kier alpha value is -2.10. The minimum Gasteiger partial charge on any atom is -0.384 e. The van der Waals surface area contributed by atoms with Crippen LogP contribution >= 0.6 is 0 Å². The fourth-order valence-electron chi connectivity index (χ4n) is 1.90. The zero-order valence-corrected chi connectivity index (χ0v) is 11.2. The minimum atomic E-state index is -0.216. The molecular weight excluding hydrogens is 241 g/mol. The highest BCUT2D eigenvalue weighted by molar-refractivity contribution is 5.54. The van der Waals surface area contributed by atoms with E-state index in [-0.39, 0.29) is 11.9 Å². The predicted octanol–water partition coefficient (Wildman–Crippen LogP) is 3.83. The van der Waals surface area contributed by atoms with Gasteiger partial charge >= 0.3 is 0 Å². The maximum atomic E-state index is 12.9. The molecule has 2 N–H and O–H groups in total. The van der Waals surface area contributed by atoms with Crippen LogP contribution in [0.3, 0.4) is 0 Å². The predicted molar refractivity (Wildman–Crippen MR) is 76.8 cm³/mol. The molecule has 1 aromatic heterocycles. The first-order chi connectivity index (χ1) is 9.19. The highest BCUT2D eigenvalue weighted by atomic mass is 19.1. The smallest absolute Gasteiger partial charge is 0.123 e. The van der Waals surface area contributed by atoms with E-state index in [9.17, 15) is 4.39 Å². The number of aromatic nitrogens is 1. The van der Waals surface area contributed by atoms with Gasteiger partial charge in [0.1, 0.15) is 5.82 Å². The molecule has 1 unspecified atom stereocenters. The summed E-state index contributed by atoms with van der Waals surface area (Å²) in [6, 6.07) is 8.63. The van der Waals surface area contributed by atoms with Gasteiger partial charge < -0.3 is 10.6 Å². The second kappa shape index (κ2) is 6.18. The zero-order chi connectivity index (χ0) is 13.7. The first kappa shape index (κ1) is 13.3. The van der Waals surface area contributed by atoms with Gasteiger partial charge in [-0.1, -0.05) is 12.1 Å². The van der Waals surface area contributed by atoms with Gasteiger partial charge in [0.15, 0.2) is 0 Å². The lowest BCUT2D eigenvalue weighted by molar-refractivity contribution is 0.626. The summed E-state index contributed by atoms with van der Waals surface area (Å²) in [4.78, 5) is 4.18. The number of hydrogen-bond donors (Lipinski definition) is 2. The van der Waals surface area contributed by atoms with E-state index in [4.69, 9.17) is 0 Å². The molecule has 2 aromatic rings. The summed E-state index contributed by atoms with van der Waals surface area (Å²) in [6.45, 7) is 4.94. The van der Waals surface area contributed by atoms with E-state index < -0.39 is 0 Å². The van der Waals surface area contributed by atoms with Gasteiger partial charge in [-0.2, -0.15) is 0 Å². The quantitative estimate of drug-likeness (QED) is 0.857. The normalized spacial score (nSPS) is 11.9. The molecule has 19 heavy (non-hydrogen) atoms. The highest BCUT2D eigenvalue weighted by Gasteiger charge is 2.06. The van der Waals surface area contributed by atoms with E-state index >= 15 is 0 Å². The Kier molecular flexibility index (Phi) is 4.34. The molecule has 100 valence electrons. The van der Waals surface area contributed by atoms with E-state index in [1.54, 1.807) is 24.5 Å². The number of nitrogens with one attached hydrogen (secondary N) is 2. The van der Waals surface area contributed by atoms with E-state index in [0.717, 1.165) is 23.5 Å². The number of nitrogens with zero attached hydrogens (tertiary/aromatic N) is 1. The number of halogens is 1. The molecule has 0 fully saturated rings. The second-order valence-electron chi connectivity index (χ2n) is 4.41. The van der Waals surface area contributed by atoms with Crippen molar-refractivity contribution in [3.05, 3.63) is 54.1 Å². The largest absolute Gasteiger partial charge is 0.384 e. The van der Waals surface area contributed by atoms with Crippen molar-refractivity contribution < 1.29 is 4.39 Å². The summed E-state index contributed by atoms with van der Waals surface area (Å²) in [5, 5.41) is 6.57. The summed E-state index contributed by atoms with van der Waals surface area (Å²) in [6.07, 6.45) is 3.57. The number of anilines is 2. The second-order valence-corrected chi connectivity index (χ2v) is 4.41. The van der Waals surface area contributed by atoms with Crippen LogP contribution in [0.25, 0.3) is 0 Å². The number of benzene rings is 1. The number of hydrogen-bond acceptors (Lipinski definition) is 3. The first-order valence-corrected chi connectivity index (χ1v) is 6.40. The summed E-state index contributed by atoms with van der Waals surface area (Å²) < 4.78 is 12.9. The molecule has 0 spiro atoms. The van der Waals surface area contributed by atoms with Crippen LogP contribution in [-0.4, -0.2) is 11.5 Å². The molecule has 0 saturated heterocycles. The Labute approximate surface area is 112 Å². The van der Waals surface area contributed by atoms with Crippen molar-refractivity contribution in [2.75, 3.05) is 17.2 Å². The Bertz CT molecular complexity index is 525. The standard InChI is InChI=1S/C15H18FN3/c1-3-18-14-8-15(10-17-9-14)19-11(2)12-4-6-13(16)7-5-12/h4-11,18-19H,3H2,1-2H3. The van der Waals surface area contributed by atoms with Crippen LogP contribution in [0.2, 0.25) is 0 Å². The van der Waals surface area contributed by atoms with Crippen molar-refractivity contribution in [3.8, 4) is 0 Å². The summed E-state index contributed by atoms with van der Waals surface area (Å²) >= 11 is 0. The Morgan fingerprint density at radius 1 is 1.16 bits per heavy atom. The lowest BCUT2D eigenvalue weighted by Gasteiger charge is -2.16. The van der Waals surface area contributed by atoms with Crippen LogP contribution in [0.15, 0.2) is 42.7 Å². The van der Waals surface area contributed by atoms with Crippen LogP contribution < -0.4 is 10.6 Å². The van der Waals surface area contributed by atoms with Crippen molar-refractivity contribution in [2.45, 2.75) is 19.9 Å². The van der Waals surface area contributed by atoms with E-state index in [1.807, 2.05) is 19.9 Å². The van der Waals surface area contributed by atoms with E-state index in [2.05, 4.69) is 15.6 Å². The molecule has 0 radical (unpaired) electrons. The molecule has 1 aromatic carbocycles. The third kappa shape index (κ3) is 3.68. The Morgan fingerprint density at radius 2 is 1.84 bits per heavy atom. The highest BCUT2D eigenvalue weighted by Crippen LogP contribution is 2.20. The molecule has 0 bridgehead atoms. The summed E-state index contributed by atoms with van der Waals surface area (Å²) in [5.74, 6) is -0.216. The fraction of sp³-hybridized carbons (Fsp3) is 0.267. The molecule has 2 rings (SSSR count). The van der Waals surface area contributed by atoms with Gasteiger partial charge in [0.25, 0.3) is 0 Å². The SMILES string of the molecule is CCNc1cncc(NC(C)c2ccc(F)cc2)c1. The van der Waals surface area contributed by atoms with Gasteiger partial charge in [0.05, 0.1) is 23.8 Å². The molecule has 0 aliphatic carbocycles. The van der Waals surface area contributed by atoms with Crippen LogP contribution in [0.5, 0.6) is 0 Å². The summed E-state index contributed by atoms with van der Waals surface area (Å²) in [5.41, 5.74) is 2.96. The average molecular weight is 259 g/mol. The molecule has 0 aliphatic rings. The molecule has 3 nitrogen and oxygen atoms in total. The molecule has 0 saturated carbocycles. The van der Waals surface area contributed by atoms with Crippen LogP contribution in [0, 0.1) is 5.82 Å². The number of rotatable bonds is 5. The topological polar surface area (TPSA) is 37.0 Å². The third-order valence-corrected chi connectivity index (χ3v) is 2.87. The minimum absolute atomic E-state index is 0.0966. The maximum absolute atomic E-state index is 12.9. The van der Waals surface area contributed by atoms with Crippen LogP contribution in [0.1, 0.15) is 25.5 Å². The van der Waals surface area contributed by atoms with Crippen molar-refractivity contribution >= 4 is 11.4 Å². The molecule has 4 heteroatoms. The van der Waals surface area contributed by atoms with Gasteiger partial charge in [-0.05, 0) is 37.6 Å². The van der Waals surface area contributed by atoms with Gasteiger partial charge in [0.2, 0.25) is 0 Å². The van der Waals surface area contributed by atoms with Crippen molar-refractivity contribution in [3.63, 3.8) is 0 Å². The molecule has 0 amide bonds. The van der Waals surface area contributed by atoms with Crippen LogP contribution in [0.4, 0.5) is 15.8 Å². The summed E-state index contributed by atoms with van der Waals surface area (Å²) in [7, 11) is 0. The Morgan fingerprint density at radius 3 is 2.53 bits per heavy atom. The van der Waals surface area contributed by atoms with E-state index in [1.165, 1.54) is 12.1 Å². The van der Waals surface area contributed by atoms with Crippen molar-refractivity contribution in [1.29, 1.82) is 0 Å². The Balaban J connectivity index is 2.07. The van der Waals surface area contributed by atoms with Gasteiger partial charge in [-0.3, -0.25) is 4.98 Å². The molecule has 1 atom stereocenters. The third-order valence-electron chi connectivity index (χ3n) is 2.87. The lowest BCUT2D eigenvalue weighted by Crippen LogP contribution is -2.07. The zero-order valence-electron chi connectivity index (χ0n) is 11.2. The number of pyridine rings is 1. The maximum Gasteiger partial charge on any atom is 0.123 e.